The Morgan fingerprint density at radius 2 is 2.23 bits per heavy atom. The van der Waals surface area contributed by atoms with Crippen molar-refractivity contribution in [2.75, 3.05) is 26.8 Å². The van der Waals surface area contributed by atoms with Crippen LogP contribution in [0.5, 0.6) is 0 Å². The summed E-state index contributed by atoms with van der Waals surface area (Å²) >= 11 is 0. The second-order valence-electron chi connectivity index (χ2n) is 4.22. The number of hydrogen-bond acceptors (Lipinski definition) is 2. The van der Waals surface area contributed by atoms with Gasteiger partial charge in [-0.05, 0) is 19.4 Å². The van der Waals surface area contributed by atoms with Gasteiger partial charge in [0.2, 0.25) is 0 Å². The van der Waals surface area contributed by atoms with E-state index in [1.807, 2.05) is 4.90 Å². The summed E-state index contributed by atoms with van der Waals surface area (Å²) in [6, 6.07) is 0. The first-order chi connectivity index (χ1) is 6.08. The smallest absolute Gasteiger partial charge is 0.262 e. The predicted molar refractivity (Wildman–Crippen MR) is 45.0 cm³/mol. The summed E-state index contributed by atoms with van der Waals surface area (Å²) in [5.74, 6) is -2.50. The zero-order valence-electron chi connectivity index (χ0n) is 7.85. The molecule has 0 radical (unpaired) electrons. The largest absolute Gasteiger partial charge is 0.383 e. The van der Waals surface area contributed by atoms with Crippen molar-refractivity contribution in [3.05, 3.63) is 0 Å². The van der Waals surface area contributed by atoms with Crippen molar-refractivity contribution < 1.29 is 13.5 Å². The molecule has 76 valence electrons. The molecule has 1 atom stereocenters. The van der Waals surface area contributed by atoms with Gasteiger partial charge in [-0.15, -0.1) is 0 Å². The van der Waals surface area contributed by atoms with Gasteiger partial charge < -0.3 is 4.74 Å². The van der Waals surface area contributed by atoms with E-state index in [0.29, 0.717) is 6.61 Å². The maximum atomic E-state index is 13.1. The molecule has 2 aliphatic rings. The first kappa shape index (κ1) is 9.34. The fourth-order valence-electron chi connectivity index (χ4n) is 2.74. The van der Waals surface area contributed by atoms with Gasteiger partial charge in [0.05, 0.1) is 18.7 Å². The van der Waals surface area contributed by atoms with Crippen LogP contribution in [0.15, 0.2) is 0 Å². The van der Waals surface area contributed by atoms with Crippen LogP contribution in [-0.4, -0.2) is 43.2 Å². The highest BCUT2D eigenvalue weighted by Crippen LogP contribution is 2.45. The molecule has 2 saturated heterocycles. The van der Waals surface area contributed by atoms with Crippen LogP contribution in [0.4, 0.5) is 8.78 Å². The van der Waals surface area contributed by atoms with E-state index < -0.39 is 5.92 Å². The zero-order valence-corrected chi connectivity index (χ0v) is 7.85. The van der Waals surface area contributed by atoms with Crippen molar-refractivity contribution in [3.8, 4) is 0 Å². The maximum absolute atomic E-state index is 13.1. The monoisotopic (exact) mass is 191 g/mol. The van der Waals surface area contributed by atoms with E-state index in [4.69, 9.17) is 4.74 Å². The van der Waals surface area contributed by atoms with Gasteiger partial charge in [0, 0.05) is 13.5 Å². The van der Waals surface area contributed by atoms with Crippen LogP contribution in [0.2, 0.25) is 0 Å². The standard InChI is InChI=1S/C9H15F2NO/c1-13-7-8-3-2-4-12(8)6-9(10,11)5-8/h2-7H2,1H3. The van der Waals surface area contributed by atoms with Gasteiger partial charge in [0.25, 0.3) is 5.92 Å². The van der Waals surface area contributed by atoms with Crippen LogP contribution < -0.4 is 0 Å². The van der Waals surface area contributed by atoms with Crippen molar-refractivity contribution in [3.63, 3.8) is 0 Å². The zero-order chi connectivity index (χ0) is 9.53. The average Bonchev–Trinajstić information content (AvgIpc) is 2.40. The number of halogens is 2. The lowest BCUT2D eigenvalue weighted by molar-refractivity contribution is 0.00618. The van der Waals surface area contributed by atoms with E-state index in [1.165, 1.54) is 0 Å². The Balaban J connectivity index is 2.15. The third-order valence-corrected chi connectivity index (χ3v) is 3.16. The Morgan fingerprint density at radius 3 is 2.92 bits per heavy atom. The van der Waals surface area contributed by atoms with Crippen LogP contribution >= 0.6 is 0 Å². The normalized spacial score (nSPS) is 38.1. The fourth-order valence-corrected chi connectivity index (χ4v) is 2.74. The van der Waals surface area contributed by atoms with E-state index >= 15 is 0 Å². The van der Waals surface area contributed by atoms with Crippen LogP contribution in [0, 0.1) is 0 Å². The van der Waals surface area contributed by atoms with E-state index in [9.17, 15) is 8.78 Å². The Morgan fingerprint density at radius 1 is 1.46 bits per heavy atom. The van der Waals surface area contributed by atoms with Crippen molar-refractivity contribution >= 4 is 0 Å². The molecule has 2 aliphatic heterocycles. The molecule has 0 saturated carbocycles. The van der Waals surface area contributed by atoms with Gasteiger partial charge >= 0.3 is 0 Å². The number of methoxy groups -OCH3 is 1. The second kappa shape index (κ2) is 2.89. The highest BCUT2D eigenvalue weighted by atomic mass is 19.3. The number of ether oxygens (including phenoxy) is 1. The second-order valence-corrected chi connectivity index (χ2v) is 4.22. The summed E-state index contributed by atoms with van der Waals surface area (Å²) in [6.07, 6.45) is 1.86. The van der Waals surface area contributed by atoms with Crippen LogP contribution in [0.3, 0.4) is 0 Å². The van der Waals surface area contributed by atoms with E-state index in [2.05, 4.69) is 0 Å². The molecule has 2 nitrogen and oxygen atoms in total. The van der Waals surface area contributed by atoms with Crippen molar-refractivity contribution in [1.82, 2.24) is 4.90 Å². The van der Waals surface area contributed by atoms with Gasteiger partial charge in [-0.25, -0.2) is 8.78 Å². The number of nitrogens with zero attached hydrogens (tertiary/aromatic N) is 1. The Bertz CT molecular complexity index is 210. The van der Waals surface area contributed by atoms with Crippen molar-refractivity contribution in [2.24, 2.45) is 0 Å². The minimum Gasteiger partial charge on any atom is -0.383 e. The molecule has 0 N–H and O–H groups in total. The Labute approximate surface area is 76.9 Å². The molecular weight excluding hydrogens is 176 g/mol. The fraction of sp³-hybridized carbons (Fsp3) is 1.00. The number of alkyl halides is 2. The summed E-state index contributed by atoms with van der Waals surface area (Å²) in [4.78, 5) is 1.90. The number of rotatable bonds is 2. The third-order valence-electron chi connectivity index (χ3n) is 3.16. The van der Waals surface area contributed by atoms with Gasteiger partial charge in [0.1, 0.15) is 0 Å². The summed E-state index contributed by atoms with van der Waals surface area (Å²) < 4.78 is 31.3. The highest BCUT2D eigenvalue weighted by Gasteiger charge is 2.56. The quantitative estimate of drug-likeness (QED) is 0.656. The molecule has 0 spiro atoms. The molecule has 13 heavy (non-hydrogen) atoms. The number of fused-ring (bicyclic) bond motifs is 1. The molecule has 4 heteroatoms. The first-order valence-corrected chi connectivity index (χ1v) is 4.70. The molecule has 0 bridgehead atoms. The lowest BCUT2D eigenvalue weighted by atomic mass is 9.94. The summed E-state index contributed by atoms with van der Waals surface area (Å²) in [5.41, 5.74) is -0.349. The van der Waals surface area contributed by atoms with Gasteiger partial charge in [0.15, 0.2) is 0 Å². The van der Waals surface area contributed by atoms with Crippen LogP contribution in [-0.2, 0) is 4.74 Å². The van der Waals surface area contributed by atoms with Crippen LogP contribution in [0.1, 0.15) is 19.3 Å². The van der Waals surface area contributed by atoms with E-state index in [0.717, 1.165) is 19.4 Å². The first-order valence-electron chi connectivity index (χ1n) is 4.70. The highest BCUT2D eigenvalue weighted by molar-refractivity contribution is 5.06. The summed E-state index contributed by atoms with van der Waals surface area (Å²) in [5, 5.41) is 0. The Kier molecular flexibility index (Phi) is 2.07. The minimum absolute atomic E-state index is 0.0200. The maximum Gasteiger partial charge on any atom is 0.262 e. The lowest BCUT2D eigenvalue weighted by Crippen LogP contribution is -2.42. The number of hydrogen-bond donors (Lipinski definition) is 0. The summed E-state index contributed by atoms with van der Waals surface area (Å²) in [6.45, 7) is 1.18. The van der Waals surface area contributed by atoms with E-state index in [1.54, 1.807) is 7.11 Å². The van der Waals surface area contributed by atoms with E-state index in [-0.39, 0.29) is 18.5 Å². The average molecular weight is 191 g/mol. The molecule has 2 heterocycles. The third kappa shape index (κ3) is 1.46. The Hall–Kier alpha value is -0.220. The van der Waals surface area contributed by atoms with Crippen molar-refractivity contribution in [1.29, 1.82) is 0 Å². The molecule has 0 aromatic carbocycles. The van der Waals surface area contributed by atoms with Gasteiger partial charge in [-0.2, -0.15) is 0 Å². The SMILES string of the molecule is COCC12CCCN1CC(F)(F)C2. The van der Waals surface area contributed by atoms with Gasteiger partial charge in [-0.1, -0.05) is 0 Å². The molecule has 0 amide bonds. The van der Waals surface area contributed by atoms with Crippen LogP contribution in [0.25, 0.3) is 0 Å². The summed E-state index contributed by atoms with van der Waals surface area (Å²) in [7, 11) is 1.59. The topological polar surface area (TPSA) is 12.5 Å². The molecule has 0 aliphatic carbocycles. The lowest BCUT2D eigenvalue weighted by Gasteiger charge is -2.29. The molecule has 0 aromatic rings. The molecular formula is C9H15F2NO. The molecule has 0 aromatic heterocycles. The molecule has 1 unspecified atom stereocenters. The minimum atomic E-state index is -2.50. The predicted octanol–water partition coefficient (Wildman–Crippen LogP) is 1.51. The van der Waals surface area contributed by atoms with Gasteiger partial charge in [-0.3, -0.25) is 4.90 Å². The molecule has 2 rings (SSSR count). The molecule has 2 fully saturated rings. The van der Waals surface area contributed by atoms with Crippen molar-refractivity contribution in [2.45, 2.75) is 30.7 Å².